The Morgan fingerprint density at radius 1 is 1.17 bits per heavy atom. The van der Waals surface area contributed by atoms with Crippen LogP contribution in [0, 0.1) is 11.2 Å². The highest BCUT2D eigenvalue weighted by Crippen LogP contribution is 2.40. The summed E-state index contributed by atoms with van der Waals surface area (Å²) in [6, 6.07) is 6.71. The van der Waals surface area contributed by atoms with Crippen LogP contribution in [0.5, 0.6) is 0 Å². The van der Waals surface area contributed by atoms with Gasteiger partial charge in [-0.1, -0.05) is 12.1 Å². The monoisotopic (exact) mass is 333 g/mol. The molecule has 0 bridgehead atoms. The fourth-order valence-corrected chi connectivity index (χ4v) is 4.02. The maximum Gasteiger partial charge on any atom is 0.230 e. The smallest absolute Gasteiger partial charge is 0.230 e. The third kappa shape index (κ3) is 3.78. The zero-order valence-corrected chi connectivity index (χ0v) is 14.8. The van der Waals surface area contributed by atoms with Gasteiger partial charge < -0.3 is 9.80 Å². The molecular weight excluding hydrogens is 305 g/mol. The summed E-state index contributed by atoms with van der Waals surface area (Å²) in [6.07, 6.45) is 3.04. The molecule has 1 aromatic rings. The summed E-state index contributed by atoms with van der Waals surface area (Å²) < 4.78 is 13.1. The maximum atomic E-state index is 13.1. The highest BCUT2D eigenvalue weighted by atomic mass is 19.1. The minimum Gasteiger partial charge on any atom is -0.341 e. The summed E-state index contributed by atoms with van der Waals surface area (Å²) in [5.41, 5.74) is 0.924. The van der Waals surface area contributed by atoms with Crippen LogP contribution in [0.3, 0.4) is 0 Å². The topological polar surface area (TPSA) is 26.8 Å². The fraction of sp³-hybridized carbons (Fsp3) is 0.632. The Kier molecular flexibility index (Phi) is 5.21. The molecule has 5 heteroatoms. The highest BCUT2D eigenvalue weighted by molar-refractivity contribution is 5.85. The first-order chi connectivity index (χ1) is 11.5. The van der Waals surface area contributed by atoms with E-state index in [0.29, 0.717) is 5.91 Å². The number of rotatable bonds is 5. The Balaban J connectivity index is 1.62. The van der Waals surface area contributed by atoms with Crippen LogP contribution in [-0.2, 0) is 11.3 Å². The Hall–Kier alpha value is -1.46. The minimum atomic E-state index is -0.198. The summed E-state index contributed by atoms with van der Waals surface area (Å²) in [5.74, 6) is 0.143. The van der Waals surface area contributed by atoms with E-state index in [1.807, 2.05) is 31.1 Å². The summed E-state index contributed by atoms with van der Waals surface area (Å²) in [5, 5.41) is 0. The molecule has 3 rings (SSSR count). The first kappa shape index (κ1) is 17.4. The summed E-state index contributed by atoms with van der Waals surface area (Å²) >= 11 is 0. The predicted molar refractivity (Wildman–Crippen MR) is 93.1 cm³/mol. The number of amides is 1. The van der Waals surface area contributed by atoms with E-state index in [0.717, 1.165) is 64.1 Å². The molecule has 1 aromatic carbocycles. The zero-order valence-electron chi connectivity index (χ0n) is 14.8. The average Bonchev–Trinajstić information content (AvgIpc) is 2.84. The Morgan fingerprint density at radius 2 is 1.92 bits per heavy atom. The number of piperidine rings is 1. The molecule has 0 saturated carbocycles. The van der Waals surface area contributed by atoms with E-state index >= 15 is 0 Å². The van der Waals surface area contributed by atoms with Crippen LogP contribution in [0.25, 0.3) is 0 Å². The van der Waals surface area contributed by atoms with Gasteiger partial charge in [0.2, 0.25) is 5.91 Å². The van der Waals surface area contributed by atoms with Crippen molar-refractivity contribution < 1.29 is 9.18 Å². The van der Waals surface area contributed by atoms with Gasteiger partial charge in [0.25, 0.3) is 0 Å². The second-order valence-electron chi connectivity index (χ2n) is 7.57. The lowest BCUT2D eigenvalue weighted by atomic mass is 9.78. The van der Waals surface area contributed by atoms with Gasteiger partial charge in [-0.3, -0.25) is 9.69 Å². The SMILES string of the molecule is CN(C)CCN1CCC2(CCCN(Cc3ccc(F)cc3)C2)C1=O. The zero-order chi connectivity index (χ0) is 17.2. The van der Waals surface area contributed by atoms with Crippen molar-refractivity contribution in [3.05, 3.63) is 35.6 Å². The molecule has 0 aromatic heterocycles. The van der Waals surface area contributed by atoms with Gasteiger partial charge in [-0.05, 0) is 57.6 Å². The standard InChI is InChI=1S/C19H28FN3O/c1-21(2)12-13-23-11-9-19(18(23)24)8-3-10-22(15-19)14-16-4-6-17(20)7-5-16/h4-7H,3,8-15H2,1-2H3. The minimum absolute atomic E-state index is 0.190. The van der Waals surface area contributed by atoms with Crippen LogP contribution in [0.4, 0.5) is 4.39 Å². The summed E-state index contributed by atoms with van der Waals surface area (Å²) in [7, 11) is 4.09. The molecule has 0 radical (unpaired) electrons. The van der Waals surface area contributed by atoms with Gasteiger partial charge in [0.15, 0.2) is 0 Å². The van der Waals surface area contributed by atoms with Crippen LogP contribution < -0.4 is 0 Å². The van der Waals surface area contributed by atoms with Crippen molar-refractivity contribution >= 4 is 5.91 Å². The molecular formula is C19H28FN3O. The van der Waals surface area contributed by atoms with E-state index in [9.17, 15) is 9.18 Å². The maximum absolute atomic E-state index is 13.1. The molecule has 2 aliphatic heterocycles. The highest BCUT2D eigenvalue weighted by Gasteiger charge is 2.48. The number of halogens is 1. The van der Waals surface area contributed by atoms with Crippen molar-refractivity contribution in [3.8, 4) is 0 Å². The van der Waals surface area contributed by atoms with E-state index in [-0.39, 0.29) is 11.2 Å². The largest absolute Gasteiger partial charge is 0.341 e. The van der Waals surface area contributed by atoms with E-state index in [1.165, 1.54) is 12.1 Å². The van der Waals surface area contributed by atoms with E-state index in [4.69, 9.17) is 0 Å². The van der Waals surface area contributed by atoms with E-state index in [1.54, 1.807) is 0 Å². The number of hydrogen-bond acceptors (Lipinski definition) is 3. The van der Waals surface area contributed by atoms with Crippen molar-refractivity contribution in [2.24, 2.45) is 5.41 Å². The second-order valence-corrected chi connectivity index (χ2v) is 7.57. The number of carbonyl (C=O) groups is 1. The summed E-state index contributed by atoms with van der Waals surface area (Å²) in [6.45, 7) is 5.28. The van der Waals surface area contributed by atoms with Crippen LogP contribution >= 0.6 is 0 Å². The van der Waals surface area contributed by atoms with Gasteiger partial charge in [-0.15, -0.1) is 0 Å². The molecule has 2 fully saturated rings. The number of likely N-dealkylation sites (N-methyl/N-ethyl adjacent to an activating group) is 1. The molecule has 1 unspecified atom stereocenters. The summed E-state index contributed by atoms with van der Waals surface area (Å²) in [4.78, 5) is 19.5. The van der Waals surface area contributed by atoms with E-state index < -0.39 is 0 Å². The van der Waals surface area contributed by atoms with Crippen molar-refractivity contribution in [2.45, 2.75) is 25.8 Å². The normalized spacial score (nSPS) is 25.2. The van der Waals surface area contributed by atoms with Crippen molar-refractivity contribution in [3.63, 3.8) is 0 Å². The van der Waals surface area contributed by atoms with Crippen molar-refractivity contribution in [1.29, 1.82) is 0 Å². The van der Waals surface area contributed by atoms with Crippen LogP contribution in [0.1, 0.15) is 24.8 Å². The number of nitrogens with zero attached hydrogens (tertiary/aromatic N) is 3. The molecule has 132 valence electrons. The first-order valence-electron chi connectivity index (χ1n) is 8.89. The van der Waals surface area contributed by atoms with Crippen molar-refractivity contribution in [1.82, 2.24) is 14.7 Å². The first-order valence-corrected chi connectivity index (χ1v) is 8.89. The molecule has 1 atom stereocenters. The Labute approximate surface area is 144 Å². The van der Waals surface area contributed by atoms with Gasteiger partial charge in [-0.25, -0.2) is 4.39 Å². The quantitative estimate of drug-likeness (QED) is 0.826. The molecule has 4 nitrogen and oxygen atoms in total. The molecule has 0 aliphatic carbocycles. The third-order valence-corrected chi connectivity index (χ3v) is 5.39. The predicted octanol–water partition coefficient (Wildman–Crippen LogP) is 2.20. The van der Waals surface area contributed by atoms with Gasteiger partial charge in [-0.2, -0.15) is 0 Å². The lowest BCUT2D eigenvalue weighted by Gasteiger charge is -2.39. The van der Waals surface area contributed by atoms with Crippen LogP contribution in [-0.4, -0.2) is 67.4 Å². The van der Waals surface area contributed by atoms with Crippen LogP contribution in [0.15, 0.2) is 24.3 Å². The second kappa shape index (κ2) is 7.19. The number of hydrogen-bond donors (Lipinski definition) is 0. The Morgan fingerprint density at radius 3 is 2.62 bits per heavy atom. The molecule has 1 spiro atoms. The van der Waals surface area contributed by atoms with Gasteiger partial charge >= 0.3 is 0 Å². The lowest BCUT2D eigenvalue weighted by molar-refractivity contribution is -0.139. The fourth-order valence-electron chi connectivity index (χ4n) is 4.02. The number of likely N-dealkylation sites (tertiary alicyclic amines) is 2. The molecule has 2 heterocycles. The van der Waals surface area contributed by atoms with Gasteiger partial charge in [0.1, 0.15) is 5.82 Å². The third-order valence-electron chi connectivity index (χ3n) is 5.39. The molecule has 1 amide bonds. The number of carbonyl (C=O) groups excluding carboxylic acids is 1. The van der Waals surface area contributed by atoms with Gasteiger partial charge in [0.05, 0.1) is 5.41 Å². The average molecular weight is 333 g/mol. The number of benzene rings is 1. The van der Waals surface area contributed by atoms with Crippen molar-refractivity contribution in [2.75, 3.05) is 46.8 Å². The Bertz CT molecular complexity index is 574. The molecule has 2 saturated heterocycles. The molecule has 24 heavy (non-hydrogen) atoms. The van der Waals surface area contributed by atoms with E-state index in [2.05, 4.69) is 9.80 Å². The molecule has 0 N–H and O–H groups in total. The molecule has 2 aliphatic rings. The van der Waals surface area contributed by atoms with Crippen LogP contribution in [0.2, 0.25) is 0 Å². The lowest BCUT2D eigenvalue weighted by Crippen LogP contribution is -2.48. The van der Waals surface area contributed by atoms with Gasteiger partial charge in [0, 0.05) is 32.7 Å².